The number of carbonyl (C=O) groups excluding carboxylic acids is 1. The van der Waals surface area contributed by atoms with Crippen molar-refractivity contribution in [2.75, 3.05) is 26.8 Å². The first-order valence-corrected chi connectivity index (χ1v) is 8.82. The van der Waals surface area contributed by atoms with Crippen LogP contribution >= 0.6 is 15.9 Å². The molecule has 23 heavy (non-hydrogen) atoms. The van der Waals surface area contributed by atoms with Crippen LogP contribution in [-0.2, 0) is 0 Å². The quantitative estimate of drug-likeness (QED) is 0.846. The van der Waals surface area contributed by atoms with Gasteiger partial charge in [0, 0.05) is 24.7 Å². The highest BCUT2D eigenvalue weighted by Gasteiger charge is 2.26. The molecule has 0 spiro atoms. The first-order chi connectivity index (χ1) is 11.0. The molecular formula is C17H25BrN2O3. The maximum atomic E-state index is 12.7. The van der Waals surface area contributed by atoms with Gasteiger partial charge in [-0.2, -0.15) is 0 Å². The van der Waals surface area contributed by atoms with Crippen LogP contribution in [0.25, 0.3) is 0 Å². The largest absolute Gasteiger partial charge is 0.493 e. The highest BCUT2D eigenvalue weighted by Crippen LogP contribution is 2.37. The van der Waals surface area contributed by atoms with Crippen molar-refractivity contribution in [3.05, 3.63) is 22.2 Å². The van der Waals surface area contributed by atoms with Crippen molar-refractivity contribution in [2.24, 2.45) is 11.7 Å². The molecule has 1 saturated heterocycles. The first-order valence-electron chi connectivity index (χ1n) is 8.03. The molecule has 1 unspecified atom stereocenters. The van der Waals surface area contributed by atoms with Crippen LogP contribution in [0.1, 0.15) is 37.0 Å². The zero-order valence-corrected chi connectivity index (χ0v) is 15.6. The van der Waals surface area contributed by atoms with E-state index in [1.54, 1.807) is 19.2 Å². The fraction of sp³-hybridized carbons (Fsp3) is 0.588. The maximum Gasteiger partial charge on any atom is 0.254 e. The molecule has 1 aliphatic heterocycles. The molecular weight excluding hydrogens is 360 g/mol. The maximum absolute atomic E-state index is 12.7. The van der Waals surface area contributed by atoms with Crippen molar-refractivity contribution < 1.29 is 14.3 Å². The Balaban J connectivity index is 2.15. The van der Waals surface area contributed by atoms with Crippen molar-refractivity contribution in [1.29, 1.82) is 0 Å². The normalized spacial score (nSPS) is 17.0. The first kappa shape index (κ1) is 18.1. The van der Waals surface area contributed by atoms with E-state index in [1.165, 1.54) is 0 Å². The SMILES string of the molecule is CCOc1c(Br)cc(C(=O)N2CCC(C(C)N)CC2)cc1OC. The van der Waals surface area contributed by atoms with Crippen molar-refractivity contribution in [2.45, 2.75) is 32.7 Å². The minimum Gasteiger partial charge on any atom is -0.493 e. The van der Waals surface area contributed by atoms with Gasteiger partial charge in [-0.05, 0) is 60.7 Å². The molecule has 5 nitrogen and oxygen atoms in total. The van der Waals surface area contributed by atoms with Crippen LogP contribution in [0.4, 0.5) is 0 Å². The van der Waals surface area contributed by atoms with Gasteiger partial charge in [-0.1, -0.05) is 0 Å². The third-order valence-electron chi connectivity index (χ3n) is 4.34. The van der Waals surface area contributed by atoms with Gasteiger partial charge in [0.05, 0.1) is 18.2 Å². The highest BCUT2D eigenvalue weighted by molar-refractivity contribution is 9.10. The van der Waals surface area contributed by atoms with Gasteiger partial charge in [-0.15, -0.1) is 0 Å². The van der Waals surface area contributed by atoms with Gasteiger partial charge in [0.2, 0.25) is 0 Å². The molecule has 1 atom stereocenters. The number of amides is 1. The zero-order chi connectivity index (χ0) is 17.0. The Kier molecular flexibility index (Phi) is 6.30. The van der Waals surface area contributed by atoms with Crippen LogP contribution in [0, 0.1) is 5.92 Å². The summed E-state index contributed by atoms with van der Waals surface area (Å²) in [5, 5.41) is 0. The molecule has 1 aromatic carbocycles. The molecule has 6 heteroatoms. The van der Waals surface area contributed by atoms with Crippen LogP contribution in [0.3, 0.4) is 0 Å². The summed E-state index contributed by atoms with van der Waals surface area (Å²) in [7, 11) is 1.58. The number of piperidine rings is 1. The van der Waals surface area contributed by atoms with E-state index in [0.29, 0.717) is 29.6 Å². The number of likely N-dealkylation sites (tertiary alicyclic amines) is 1. The van der Waals surface area contributed by atoms with Crippen LogP contribution in [-0.4, -0.2) is 43.7 Å². The summed E-state index contributed by atoms with van der Waals surface area (Å²) in [6, 6.07) is 3.73. The number of hydrogen-bond acceptors (Lipinski definition) is 4. The monoisotopic (exact) mass is 384 g/mol. The molecule has 128 valence electrons. The van der Waals surface area contributed by atoms with Crippen molar-refractivity contribution >= 4 is 21.8 Å². The lowest BCUT2D eigenvalue weighted by atomic mass is 9.90. The van der Waals surface area contributed by atoms with E-state index in [2.05, 4.69) is 15.9 Å². The topological polar surface area (TPSA) is 64.8 Å². The van der Waals surface area contributed by atoms with E-state index in [0.717, 1.165) is 30.4 Å². The standard InChI is InChI=1S/C17H25BrN2O3/c1-4-23-16-14(18)9-13(10-15(16)22-3)17(21)20-7-5-12(6-8-20)11(2)19/h9-12H,4-8,19H2,1-3H3. The number of carbonyl (C=O) groups is 1. The fourth-order valence-corrected chi connectivity index (χ4v) is 3.50. The minimum absolute atomic E-state index is 0.0233. The number of methoxy groups -OCH3 is 1. The Labute approximate surface area is 146 Å². The molecule has 2 N–H and O–H groups in total. The summed E-state index contributed by atoms with van der Waals surface area (Å²) in [4.78, 5) is 14.6. The number of nitrogens with two attached hydrogens (primary N) is 1. The lowest BCUT2D eigenvalue weighted by Gasteiger charge is -2.33. The van der Waals surface area contributed by atoms with Gasteiger partial charge in [0.25, 0.3) is 5.91 Å². The number of rotatable bonds is 5. The summed E-state index contributed by atoms with van der Waals surface area (Å²) >= 11 is 3.47. The van der Waals surface area contributed by atoms with Gasteiger partial charge >= 0.3 is 0 Å². The van der Waals surface area contributed by atoms with Gasteiger partial charge in [-0.25, -0.2) is 0 Å². The number of benzene rings is 1. The number of hydrogen-bond donors (Lipinski definition) is 1. The Bertz CT molecular complexity index is 555. The molecule has 1 fully saturated rings. The van der Waals surface area contributed by atoms with E-state index >= 15 is 0 Å². The minimum atomic E-state index is 0.0233. The second-order valence-corrected chi connectivity index (χ2v) is 6.77. The smallest absolute Gasteiger partial charge is 0.254 e. The lowest BCUT2D eigenvalue weighted by molar-refractivity contribution is 0.0680. The average molecular weight is 385 g/mol. The van der Waals surface area contributed by atoms with E-state index in [4.69, 9.17) is 15.2 Å². The van der Waals surface area contributed by atoms with Gasteiger partial charge < -0.3 is 20.1 Å². The van der Waals surface area contributed by atoms with Crippen LogP contribution in [0.5, 0.6) is 11.5 Å². The predicted molar refractivity (Wildman–Crippen MR) is 94.1 cm³/mol. The summed E-state index contributed by atoms with van der Waals surface area (Å²) in [6.45, 7) is 5.98. The van der Waals surface area contributed by atoms with Gasteiger partial charge in [-0.3, -0.25) is 4.79 Å². The second kappa shape index (κ2) is 8.02. The van der Waals surface area contributed by atoms with Crippen molar-refractivity contribution in [1.82, 2.24) is 4.90 Å². The number of ether oxygens (including phenoxy) is 2. The molecule has 0 aromatic heterocycles. The summed E-state index contributed by atoms with van der Waals surface area (Å²) < 4.78 is 11.7. The fourth-order valence-electron chi connectivity index (χ4n) is 2.94. The summed E-state index contributed by atoms with van der Waals surface area (Å²) in [6.07, 6.45) is 1.91. The van der Waals surface area contributed by atoms with Crippen LogP contribution in [0.15, 0.2) is 16.6 Å². The molecule has 1 amide bonds. The summed E-state index contributed by atoms with van der Waals surface area (Å²) in [5.74, 6) is 1.72. The van der Waals surface area contributed by atoms with Crippen LogP contribution in [0.2, 0.25) is 0 Å². The van der Waals surface area contributed by atoms with E-state index < -0.39 is 0 Å². The van der Waals surface area contributed by atoms with E-state index in [1.807, 2.05) is 18.7 Å². The average Bonchev–Trinajstić information content (AvgIpc) is 2.56. The van der Waals surface area contributed by atoms with Crippen molar-refractivity contribution in [3.63, 3.8) is 0 Å². The summed E-state index contributed by atoms with van der Waals surface area (Å²) in [5.41, 5.74) is 6.57. The predicted octanol–water partition coefficient (Wildman–Crippen LogP) is 3.06. The molecule has 1 aliphatic rings. The van der Waals surface area contributed by atoms with Gasteiger partial charge in [0.1, 0.15) is 0 Å². The van der Waals surface area contributed by atoms with Crippen molar-refractivity contribution in [3.8, 4) is 11.5 Å². The second-order valence-electron chi connectivity index (χ2n) is 5.91. The number of halogens is 1. The van der Waals surface area contributed by atoms with Crippen LogP contribution < -0.4 is 15.2 Å². The molecule has 0 saturated carbocycles. The Morgan fingerprint density at radius 1 is 1.43 bits per heavy atom. The molecule has 0 radical (unpaired) electrons. The Hall–Kier alpha value is -1.27. The Morgan fingerprint density at radius 3 is 2.61 bits per heavy atom. The lowest BCUT2D eigenvalue weighted by Crippen LogP contribution is -2.42. The Morgan fingerprint density at radius 2 is 2.09 bits per heavy atom. The highest BCUT2D eigenvalue weighted by atomic mass is 79.9. The molecule has 1 aromatic rings. The van der Waals surface area contributed by atoms with E-state index in [-0.39, 0.29) is 11.9 Å². The third kappa shape index (κ3) is 4.18. The zero-order valence-electron chi connectivity index (χ0n) is 14.0. The number of nitrogens with zero attached hydrogens (tertiary/aromatic N) is 1. The molecule has 1 heterocycles. The van der Waals surface area contributed by atoms with Gasteiger partial charge in [0.15, 0.2) is 11.5 Å². The third-order valence-corrected chi connectivity index (χ3v) is 4.92. The molecule has 2 rings (SSSR count). The van der Waals surface area contributed by atoms with E-state index in [9.17, 15) is 4.79 Å². The molecule has 0 bridgehead atoms. The molecule has 0 aliphatic carbocycles.